The highest BCUT2D eigenvalue weighted by Gasteiger charge is 2.18. The van der Waals surface area contributed by atoms with Gasteiger partial charge in [-0.05, 0) is 6.92 Å². The van der Waals surface area contributed by atoms with Gasteiger partial charge in [0.1, 0.15) is 5.92 Å². The van der Waals surface area contributed by atoms with E-state index < -0.39 is 17.9 Å². The van der Waals surface area contributed by atoms with E-state index in [1.54, 1.807) is 6.92 Å². The second-order valence-electron chi connectivity index (χ2n) is 2.12. The fraction of sp³-hybridized carbons (Fsp3) is 0.429. The van der Waals surface area contributed by atoms with Crippen molar-refractivity contribution in [1.82, 2.24) is 0 Å². The van der Waals surface area contributed by atoms with E-state index in [9.17, 15) is 9.59 Å². The van der Waals surface area contributed by atoms with Crippen molar-refractivity contribution in [2.24, 2.45) is 15.9 Å². The number of hydrogen-bond acceptors (Lipinski definition) is 3. The van der Waals surface area contributed by atoms with Crippen molar-refractivity contribution >= 4 is 24.4 Å². The number of carbonyl (C=O) groups excluding carboxylic acids is 2. The summed E-state index contributed by atoms with van der Waals surface area (Å²) in [6, 6.07) is -0.587. The highest BCUT2D eigenvalue weighted by atomic mass is 16.5. The second-order valence-corrected chi connectivity index (χ2v) is 2.12. The van der Waals surface area contributed by atoms with E-state index in [1.165, 1.54) is 12.4 Å². The van der Waals surface area contributed by atoms with E-state index in [-0.39, 0.29) is 0 Å². The summed E-state index contributed by atoms with van der Waals surface area (Å²) in [7, 11) is 0. The normalized spacial score (nSPS) is 16.6. The van der Waals surface area contributed by atoms with Crippen molar-refractivity contribution in [1.29, 1.82) is 0 Å². The third-order valence-corrected chi connectivity index (χ3v) is 1.25. The highest BCUT2D eigenvalue weighted by molar-refractivity contribution is 6.12. The third-order valence-electron chi connectivity index (χ3n) is 1.25. The number of hydrogen-bond donors (Lipinski definition) is 0. The van der Waals surface area contributed by atoms with Gasteiger partial charge in [-0.25, -0.2) is 14.8 Å². The Morgan fingerprint density at radius 3 is 2.67 bits per heavy atom. The lowest BCUT2D eigenvalue weighted by Crippen LogP contribution is -2.23. The highest BCUT2D eigenvalue weighted by Crippen LogP contribution is 1.99. The molecular formula is C7H8N2O3. The summed E-state index contributed by atoms with van der Waals surface area (Å²) >= 11 is 0. The molecule has 1 aliphatic rings. The zero-order valence-electron chi connectivity index (χ0n) is 6.56. The van der Waals surface area contributed by atoms with Crippen molar-refractivity contribution in [3.8, 4) is 0 Å². The Balaban J connectivity index is 2.55. The molecule has 0 aliphatic carbocycles. The van der Waals surface area contributed by atoms with Crippen molar-refractivity contribution < 1.29 is 14.3 Å². The first kappa shape index (κ1) is 8.58. The maximum absolute atomic E-state index is 11.0. The number of rotatable bonds is 2. The lowest BCUT2D eigenvalue weighted by Gasteiger charge is -2.06. The van der Waals surface area contributed by atoms with Crippen LogP contribution in [0.25, 0.3) is 0 Å². The van der Waals surface area contributed by atoms with Gasteiger partial charge in [-0.1, -0.05) is 0 Å². The monoisotopic (exact) mass is 168 g/mol. The van der Waals surface area contributed by atoms with E-state index in [4.69, 9.17) is 0 Å². The van der Waals surface area contributed by atoms with Crippen LogP contribution in [-0.2, 0) is 9.53 Å². The molecule has 5 nitrogen and oxygen atoms in total. The molecule has 1 aliphatic heterocycles. The molecule has 0 fully saturated rings. The number of carbonyl (C=O) groups is 2. The third kappa shape index (κ3) is 1.98. The van der Waals surface area contributed by atoms with Crippen molar-refractivity contribution in [2.45, 2.75) is 6.92 Å². The quantitative estimate of drug-likeness (QED) is 0.562. The van der Waals surface area contributed by atoms with Crippen LogP contribution in [0.1, 0.15) is 6.92 Å². The van der Waals surface area contributed by atoms with Gasteiger partial charge < -0.3 is 4.74 Å². The molecule has 0 atom stereocenters. The Hall–Kier alpha value is -1.52. The molecule has 0 aromatic heterocycles. The van der Waals surface area contributed by atoms with Gasteiger partial charge in [0.15, 0.2) is 0 Å². The Kier molecular flexibility index (Phi) is 2.68. The Morgan fingerprint density at radius 2 is 2.17 bits per heavy atom. The smallest absolute Gasteiger partial charge is 0.366 e. The van der Waals surface area contributed by atoms with Crippen LogP contribution in [0.3, 0.4) is 0 Å². The van der Waals surface area contributed by atoms with Gasteiger partial charge in [-0.2, -0.15) is 0 Å². The summed E-state index contributed by atoms with van der Waals surface area (Å²) in [5, 5.41) is 0. The lowest BCUT2D eigenvalue weighted by molar-refractivity contribution is -0.143. The summed E-state index contributed by atoms with van der Waals surface area (Å²) in [6.07, 6.45) is 2.46. The van der Waals surface area contributed by atoms with E-state index in [0.29, 0.717) is 6.61 Å². The molecule has 5 heteroatoms. The van der Waals surface area contributed by atoms with E-state index >= 15 is 0 Å². The molecule has 0 spiro atoms. The second kappa shape index (κ2) is 3.75. The SMILES string of the molecule is CCOC(=O)C1C=NC(=O)N=C1. The predicted molar refractivity (Wildman–Crippen MR) is 42.5 cm³/mol. The van der Waals surface area contributed by atoms with Crippen molar-refractivity contribution in [3.05, 3.63) is 0 Å². The van der Waals surface area contributed by atoms with Crippen LogP contribution in [0.15, 0.2) is 9.98 Å². The maximum Gasteiger partial charge on any atom is 0.366 e. The summed E-state index contributed by atoms with van der Waals surface area (Å²) < 4.78 is 4.68. The molecule has 2 amide bonds. The van der Waals surface area contributed by atoms with Crippen LogP contribution in [0.4, 0.5) is 4.79 Å². The molecule has 0 aromatic rings. The van der Waals surface area contributed by atoms with Crippen LogP contribution >= 0.6 is 0 Å². The zero-order valence-corrected chi connectivity index (χ0v) is 6.56. The molecule has 0 aromatic carbocycles. The molecule has 1 heterocycles. The predicted octanol–water partition coefficient (Wildman–Crippen LogP) is 0.441. The molecular weight excluding hydrogens is 160 g/mol. The molecule has 12 heavy (non-hydrogen) atoms. The summed E-state index contributed by atoms with van der Waals surface area (Å²) in [4.78, 5) is 28.1. The first-order valence-corrected chi connectivity index (χ1v) is 3.53. The van der Waals surface area contributed by atoms with E-state index in [0.717, 1.165) is 0 Å². The van der Waals surface area contributed by atoms with Crippen molar-refractivity contribution in [2.75, 3.05) is 6.61 Å². The maximum atomic E-state index is 11.0. The van der Waals surface area contributed by atoms with Crippen LogP contribution < -0.4 is 0 Å². The van der Waals surface area contributed by atoms with Crippen LogP contribution in [0, 0.1) is 5.92 Å². The van der Waals surface area contributed by atoms with Gasteiger partial charge in [-0.3, -0.25) is 4.79 Å². The zero-order chi connectivity index (χ0) is 8.97. The van der Waals surface area contributed by atoms with Crippen LogP contribution in [-0.4, -0.2) is 31.0 Å². The minimum absolute atomic E-state index is 0.310. The molecule has 0 saturated heterocycles. The van der Waals surface area contributed by atoms with Gasteiger partial charge in [-0.15, -0.1) is 0 Å². The number of urea groups is 1. The van der Waals surface area contributed by atoms with Crippen LogP contribution in [0.5, 0.6) is 0 Å². The Labute approximate surface area is 69.2 Å². The average molecular weight is 168 g/mol. The van der Waals surface area contributed by atoms with Gasteiger partial charge in [0.05, 0.1) is 6.61 Å². The molecule has 0 N–H and O–H groups in total. The largest absolute Gasteiger partial charge is 0.465 e. The molecule has 0 unspecified atom stereocenters. The summed E-state index contributed by atoms with van der Waals surface area (Å²) in [5.74, 6) is -1.04. The number of aliphatic imine (C=N–C) groups is 2. The van der Waals surface area contributed by atoms with Gasteiger partial charge in [0.2, 0.25) is 0 Å². The van der Waals surface area contributed by atoms with Gasteiger partial charge >= 0.3 is 12.0 Å². The fourth-order valence-corrected chi connectivity index (χ4v) is 0.720. The fourth-order valence-electron chi connectivity index (χ4n) is 0.720. The Bertz CT molecular complexity index is 241. The molecule has 0 bridgehead atoms. The number of amides is 2. The first-order chi connectivity index (χ1) is 5.74. The Morgan fingerprint density at radius 1 is 1.58 bits per heavy atom. The van der Waals surface area contributed by atoms with Gasteiger partial charge in [0.25, 0.3) is 0 Å². The molecule has 0 saturated carbocycles. The molecule has 64 valence electrons. The number of esters is 1. The minimum atomic E-state index is -0.609. The average Bonchev–Trinajstić information content (AvgIpc) is 2.06. The molecule has 0 radical (unpaired) electrons. The minimum Gasteiger partial charge on any atom is -0.465 e. The van der Waals surface area contributed by atoms with E-state index in [2.05, 4.69) is 14.7 Å². The van der Waals surface area contributed by atoms with E-state index in [1.807, 2.05) is 0 Å². The number of ether oxygens (including phenoxy) is 1. The number of nitrogens with zero attached hydrogens (tertiary/aromatic N) is 2. The first-order valence-electron chi connectivity index (χ1n) is 3.53. The van der Waals surface area contributed by atoms with Crippen molar-refractivity contribution in [3.63, 3.8) is 0 Å². The lowest BCUT2D eigenvalue weighted by atomic mass is 10.2. The molecule has 1 rings (SSSR count). The van der Waals surface area contributed by atoms with Gasteiger partial charge in [0, 0.05) is 12.4 Å². The topological polar surface area (TPSA) is 68.1 Å². The van der Waals surface area contributed by atoms with Crippen LogP contribution in [0.2, 0.25) is 0 Å². The summed E-state index contributed by atoms with van der Waals surface area (Å²) in [5.41, 5.74) is 0. The standard InChI is InChI=1S/C7H8N2O3/c1-2-12-6(10)5-3-8-7(11)9-4-5/h3-5H,2H2,1H3. The summed E-state index contributed by atoms with van der Waals surface area (Å²) in [6.45, 7) is 2.02.